The molecule has 2 fully saturated rings. The lowest BCUT2D eigenvalue weighted by Crippen LogP contribution is -2.69. The number of esters is 1. The van der Waals surface area contributed by atoms with Crippen molar-refractivity contribution in [1.29, 1.82) is 0 Å². The molecule has 0 aromatic carbocycles. The summed E-state index contributed by atoms with van der Waals surface area (Å²) in [6.07, 6.45) is 1.10. The molecule has 0 bridgehead atoms. The number of carbonyl (C=O) groups excluding carboxylic acids is 1. The van der Waals surface area contributed by atoms with E-state index in [1.807, 2.05) is 0 Å². The van der Waals surface area contributed by atoms with Crippen molar-refractivity contribution in [2.75, 3.05) is 13.2 Å². The van der Waals surface area contributed by atoms with E-state index in [9.17, 15) is 45.6 Å². The number of aliphatic hydroxyl groups excluding tert-OH is 8. The second kappa shape index (κ2) is 20.2. The third-order valence-electron chi connectivity index (χ3n) is 8.34. The lowest BCUT2D eigenvalue weighted by Gasteiger charge is -2.48. The molecule has 10 atom stereocenters. The van der Waals surface area contributed by atoms with Crippen molar-refractivity contribution in [3.05, 3.63) is 0 Å². The summed E-state index contributed by atoms with van der Waals surface area (Å²) in [5, 5.41) is 80.9. The van der Waals surface area contributed by atoms with E-state index >= 15 is 0 Å². The number of hydrogen-bond acceptors (Lipinski definition) is 13. The monoisotopic (exact) mass is 624 g/mol. The SMILES string of the molecule is CCCCCCCCCCCCCCCCCC(=O)O[C@@]1(CO)O[C@H](O[C@H]2[C@H](O)[C@@H](O)[C@H](O)O[C@@H]2CO)[C@H](O)[C@H](O)[C@H]1O. The minimum absolute atomic E-state index is 0.0356. The standard InChI is InChI=1S/C30H56O13/c1-2-3-4-5-6-7-8-9-10-11-12-13-14-15-16-17-21(33)42-30(19-32)27(38)23(35)25(37)29(43-30)41-26-20(18-31)40-28(39)24(36)22(26)34/h20,22-29,31-32,34-39H,2-19H2,1H3/t20-,22-,23+,24-,25-,26-,27-,28-,29+,30+/m1/s1. The van der Waals surface area contributed by atoms with Gasteiger partial charge in [0.1, 0.15) is 43.2 Å². The average Bonchev–Trinajstić information content (AvgIpc) is 3.00. The van der Waals surface area contributed by atoms with Crippen molar-refractivity contribution in [2.45, 2.75) is 171 Å². The van der Waals surface area contributed by atoms with E-state index in [2.05, 4.69) is 6.92 Å². The van der Waals surface area contributed by atoms with E-state index in [0.717, 1.165) is 25.7 Å². The van der Waals surface area contributed by atoms with E-state index in [0.29, 0.717) is 6.42 Å². The molecule has 2 heterocycles. The first-order valence-electron chi connectivity index (χ1n) is 16.1. The zero-order valence-corrected chi connectivity index (χ0v) is 25.5. The van der Waals surface area contributed by atoms with Gasteiger partial charge in [-0.15, -0.1) is 0 Å². The van der Waals surface area contributed by atoms with Crippen LogP contribution >= 0.6 is 0 Å². The van der Waals surface area contributed by atoms with Crippen molar-refractivity contribution < 1.29 is 64.6 Å². The zero-order valence-electron chi connectivity index (χ0n) is 25.5. The van der Waals surface area contributed by atoms with Gasteiger partial charge in [-0.2, -0.15) is 0 Å². The van der Waals surface area contributed by atoms with Crippen LogP contribution in [-0.4, -0.2) is 121 Å². The Balaban J connectivity index is 1.74. The second-order valence-corrected chi connectivity index (χ2v) is 11.9. The smallest absolute Gasteiger partial charge is 0.308 e. The number of carbonyl (C=O) groups is 1. The first kappa shape index (κ1) is 38.2. The molecule has 8 N–H and O–H groups in total. The molecule has 2 rings (SSSR count). The Bertz CT molecular complexity index is 756. The summed E-state index contributed by atoms with van der Waals surface area (Å²) in [6.45, 7) is 0.365. The average molecular weight is 625 g/mol. The van der Waals surface area contributed by atoms with Crippen LogP contribution in [0.2, 0.25) is 0 Å². The van der Waals surface area contributed by atoms with Crippen LogP contribution < -0.4 is 0 Å². The van der Waals surface area contributed by atoms with E-state index < -0.39 is 80.3 Å². The molecule has 13 nitrogen and oxygen atoms in total. The number of unbranched alkanes of at least 4 members (excludes halogenated alkanes) is 14. The molecule has 0 radical (unpaired) electrons. The summed E-state index contributed by atoms with van der Waals surface area (Å²) in [7, 11) is 0. The molecular formula is C30H56O13. The van der Waals surface area contributed by atoms with Gasteiger partial charge in [0.05, 0.1) is 6.61 Å². The van der Waals surface area contributed by atoms with E-state index in [-0.39, 0.29) is 6.42 Å². The highest BCUT2D eigenvalue weighted by molar-refractivity contribution is 5.69. The summed E-state index contributed by atoms with van der Waals surface area (Å²) >= 11 is 0. The highest BCUT2D eigenvalue weighted by Gasteiger charge is 2.58. The van der Waals surface area contributed by atoms with Gasteiger partial charge in [-0.1, -0.05) is 96.8 Å². The third kappa shape index (κ3) is 11.7. The second-order valence-electron chi connectivity index (χ2n) is 11.9. The van der Waals surface area contributed by atoms with Crippen LogP contribution in [0.1, 0.15) is 110 Å². The predicted molar refractivity (Wildman–Crippen MR) is 153 cm³/mol. The molecule has 0 saturated carbocycles. The van der Waals surface area contributed by atoms with Gasteiger partial charge in [-0.05, 0) is 6.42 Å². The normalized spacial score (nSPS) is 34.8. The van der Waals surface area contributed by atoms with Gasteiger partial charge in [0.25, 0.3) is 5.79 Å². The van der Waals surface area contributed by atoms with Crippen molar-refractivity contribution >= 4 is 5.97 Å². The molecule has 0 unspecified atom stereocenters. The molecule has 0 spiro atoms. The molecule has 254 valence electrons. The van der Waals surface area contributed by atoms with Gasteiger partial charge in [-0.3, -0.25) is 4.79 Å². The van der Waals surface area contributed by atoms with Gasteiger partial charge < -0.3 is 59.8 Å². The maximum Gasteiger partial charge on any atom is 0.308 e. The Kier molecular flexibility index (Phi) is 18.0. The minimum Gasteiger partial charge on any atom is -0.427 e. The summed E-state index contributed by atoms with van der Waals surface area (Å²) < 4.78 is 21.2. The van der Waals surface area contributed by atoms with Crippen LogP contribution in [0.15, 0.2) is 0 Å². The quantitative estimate of drug-likeness (QED) is 0.0654. The van der Waals surface area contributed by atoms with E-state index in [4.69, 9.17) is 18.9 Å². The highest BCUT2D eigenvalue weighted by atomic mass is 16.8. The first-order chi connectivity index (χ1) is 20.6. The van der Waals surface area contributed by atoms with Crippen molar-refractivity contribution in [3.63, 3.8) is 0 Å². The van der Waals surface area contributed by atoms with Gasteiger partial charge in [-0.25, -0.2) is 0 Å². The largest absolute Gasteiger partial charge is 0.427 e. The Hall–Kier alpha value is -0.970. The molecule has 0 aliphatic carbocycles. The summed E-state index contributed by atoms with van der Waals surface area (Å²) in [5.41, 5.74) is 0. The van der Waals surface area contributed by atoms with Crippen molar-refractivity contribution in [1.82, 2.24) is 0 Å². The van der Waals surface area contributed by atoms with Crippen LogP contribution in [0.3, 0.4) is 0 Å². The predicted octanol–water partition coefficient (Wildman–Crippen LogP) is 0.735. The lowest BCUT2D eigenvalue weighted by atomic mass is 9.95. The summed E-state index contributed by atoms with van der Waals surface area (Å²) in [6, 6.07) is 0. The molecule has 2 aliphatic heterocycles. The van der Waals surface area contributed by atoms with Crippen molar-refractivity contribution in [3.8, 4) is 0 Å². The Morgan fingerprint density at radius 2 is 1.21 bits per heavy atom. The molecular weight excluding hydrogens is 568 g/mol. The fourth-order valence-electron chi connectivity index (χ4n) is 5.57. The van der Waals surface area contributed by atoms with Crippen molar-refractivity contribution in [2.24, 2.45) is 0 Å². The van der Waals surface area contributed by atoms with Gasteiger partial charge in [0.15, 0.2) is 18.7 Å². The van der Waals surface area contributed by atoms with E-state index in [1.54, 1.807) is 0 Å². The molecule has 0 aromatic rings. The number of rotatable bonds is 21. The van der Waals surface area contributed by atoms with Crippen LogP contribution in [0, 0.1) is 0 Å². The van der Waals surface area contributed by atoms with Gasteiger partial charge in [0.2, 0.25) is 0 Å². The summed E-state index contributed by atoms with van der Waals surface area (Å²) in [5.74, 6) is -3.30. The van der Waals surface area contributed by atoms with Crippen LogP contribution in [0.4, 0.5) is 0 Å². The molecule has 0 amide bonds. The van der Waals surface area contributed by atoms with Crippen LogP contribution in [0.25, 0.3) is 0 Å². The Morgan fingerprint density at radius 3 is 1.70 bits per heavy atom. The van der Waals surface area contributed by atoms with Crippen LogP contribution in [-0.2, 0) is 23.7 Å². The zero-order chi connectivity index (χ0) is 31.8. The van der Waals surface area contributed by atoms with Gasteiger partial charge in [0, 0.05) is 6.42 Å². The molecule has 13 heteroatoms. The third-order valence-corrected chi connectivity index (χ3v) is 8.34. The summed E-state index contributed by atoms with van der Waals surface area (Å²) in [4.78, 5) is 12.6. The topological polar surface area (TPSA) is 216 Å². The molecule has 2 aliphatic rings. The highest BCUT2D eigenvalue weighted by Crippen LogP contribution is 2.34. The molecule has 2 saturated heterocycles. The fraction of sp³-hybridized carbons (Fsp3) is 0.967. The lowest BCUT2D eigenvalue weighted by molar-refractivity contribution is -0.416. The molecule has 43 heavy (non-hydrogen) atoms. The first-order valence-corrected chi connectivity index (χ1v) is 16.1. The minimum atomic E-state index is -2.50. The Morgan fingerprint density at radius 1 is 0.698 bits per heavy atom. The Labute approximate surface area is 254 Å². The van der Waals surface area contributed by atoms with Gasteiger partial charge >= 0.3 is 5.97 Å². The van der Waals surface area contributed by atoms with Crippen LogP contribution in [0.5, 0.6) is 0 Å². The maximum absolute atomic E-state index is 12.6. The maximum atomic E-state index is 12.6. The number of aliphatic hydroxyl groups is 8. The van der Waals surface area contributed by atoms with E-state index in [1.165, 1.54) is 64.2 Å². The fourth-order valence-corrected chi connectivity index (χ4v) is 5.57. The molecule has 0 aromatic heterocycles. The number of hydrogen-bond donors (Lipinski definition) is 8. The number of ether oxygens (including phenoxy) is 4.